The Hall–Kier alpha value is -1.93. The second-order valence-corrected chi connectivity index (χ2v) is 8.08. The molecule has 0 radical (unpaired) electrons. The third-order valence-corrected chi connectivity index (χ3v) is 5.39. The van der Waals surface area contributed by atoms with Crippen LogP contribution < -0.4 is 10.9 Å². The number of nitrogens with zero attached hydrogens (tertiary/aromatic N) is 4. The number of rotatable bonds is 6. The quantitative estimate of drug-likeness (QED) is 0.680. The number of hydrogen-bond acceptors (Lipinski definition) is 7. The second kappa shape index (κ2) is 7.31. The van der Waals surface area contributed by atoms with Gasteiger partial charge < -0.3 is 5.32 Å². The molecule has 0 aliphatic rings. The molecule has 24 heavy (non-hydrogen) atoms. The van der Waals surface area contributed by atoms with Gasteiger partial charge in [-0.05, 0) is 25.0 Å². The van der Waals surface area contributed by atoms with Crippen LogP contribution >= 0.6 is 23.1 Å². The lowest BCUT2D eigenvalue weighted by atomic mass is 10.2. The fraction of sp³-hybridized carbons (Fsp3) is 0.375. The lowest BCUT2D eigenvalue weighted by Gasteiger charge is -2.05. The Kier molecular flexibility index (Phi) is 5.15. The number of thioether (sulfide) groups is 1. The highest BCUT2D eigenvalue weighted by molar-refractivity contribution is 8.00. The van der Waals surface area contributed by atoms with E-state index in [0.29, 0.717) is 17.3 Å². The Morgan fingerprint density at radius 1 is 1.33 bits per heavy atom. The van der Waals surface area contributed by atoms with Gasteiger partial charge in [-0.2, -0.15) is 0 Å². The van der Waals surface area contributed by atoms with Gasteiger partial charge in [0.1, 0.15) is 5.65 Å². The van der Waals surface area contributed by atoms with E-state index in [1.165, 1.54) is 11.3 Å². The van der Waals surface area contributed by atoms with E-state index >= 15 is 0 Å². The number of hydrogen-bond donors (Lipinski definition) is 1. The maximum atomic E-state index is 12.3. The molecule has 6 nitrogen and oxygen atoms in total. The highest BCUT2D eigenvalue weighted by atomic mass is 32.2. The summed E-state index contributed by atoms with van der Waals surface area (Å²) >= 11 is 3.07. The van der Waals surface area contributed by atoms with Crippen molar-refractivity contribution < 1.29 is 0 Å². The minimum atomic E-state index is -0.0507. The fourth-order valence-corrected chi connectivity index (χ4v) is 3.86. The molecular formula is C16H19N5OS2. The van der Waals surface area contributed by atoms with E-state index in [9.17, 15) is 4.79 Å². The third-order valence-electron chi connectivity index (χ3n) is 3.34. The number of nitrogens with one attached hydrogen (secondary N) is 1. The van der Waals surface area contributed by atoms with Crippen LogP contribution in [0.5, 0.6) is 0 Å². The molecule has 3 aromatic heterocycles. The summed E-state index contributed by atoms with van der Waals surface area (Å²) in [5.41, 5.74) is 2.26. The zero-order valence-corrected chi connectivity index (χ0v) is 15.4. The molecule has 1 N–H and O–H groups in total. The lowest BCUT2D eigenvalue weighted by Crippen LogP contribution is -2.17. The summed E-state index contributed by atoms with van der Waals surface area (Å²) in [5, 5.41) is 12.4. The van der Waals surface area contributed by atoms with Crippen LogP contribution in [0.1, 0.15) is 25.2 Å². The Morgan fingerprint density at radius 2 is 2.17 bits per heavy atom. The van der Waals surface area contributed by atoms with Crippen molar-refractivity contribution >= 4 is 33.9 Å². The zero-order chi connectivity index (χ0) is 17.1. The monoisotopic (exact) mass is 361 g/mol. The molecule has 8 heteroatoms. The van der Waals surface area contributed by atoms with Crippen molar-refractivity contribution in [2.75, 3.05) is 11.9 Å². The third kappa shape index (κ3) is 3.93. The Labute approximate surface area is 148 Å². The highest BCUT2D eigenvalue weighted by Gasteiger charge is 2.08. The van der Waals surface area contributed by atoms with Crippen molar-refractivity contribution in [2.24, 2.45) is 5.92 Å². The predicted octanol–water partition coefficient (Wildman–Crippen LogP) is 3.21. The van der Waals surface area contributed by atoms with Crippen LogP contribution in [0.15, 0.2) is 33.4 Å². The Bertz CT molecular complexity index is 903. The largest absolute Gasteiger partial charge is 0.360 e. The van der Waals surface area contributed by atoms with Gasteiger partial charge in [0.05, 0.1) is 5.69 Å². The molecule has 3 rings (SSSR count). The summed E-state index contributed by atoms with van der Waals surface area (Å²) in [5.74, 6) is 1.15. The van der Waals surface area contributed by atoms with Crippen molar-refractivity contribution in [1.29, 1.82) is 0 Å². The first-order valence-electron chi connectivity index (χ1n) is 7.71. The molecule has 0 aliphatic carbocycles. The molecule has 0 amide bonds. The maximum absolute atomic E-state index is 12.3. The maximum Gasteiger partial charge on any atom is 0.258 e. The summed E-state index contributed by atoms with van der Waals surface area (Å²) in [6.07, 6.45) is 0. The van der Waals surface area contributed by atoms with Gasteiger partial charge in [-0.1, -0.05) is 43.0 Å². The van der Waals surface area contributed by atoms with Gasteiger partial charge in [-0.15, -0.1) is 10.2 Å². The first-order valence-corrected chi connectivity index (χ1v) is 9.51. The van der Waals surface area contributed by atoms with E-state index in [2.05, 4.69) is 34.3 Å². The molecule has 0 atom stereocenters. The average Bonchev–Trinajstić information content (AvgIpc) is 2.99. The zero-order valence-electron chi connectivity index (χ0n) is 13.8. The summed E-state index contributed by atoms with van der Waals surface area (Å²) in [6, 6.07) is 7.25. The summed E-state index contributed by atoms with van der Waals surface area (Å²) in [6.45, 7) is 7.07. The smallest absolute Gasteiger partial charge is 0.258 e. The molecule has 0 unspecified atom stereocenters. The molecular weight excluding hydrogens is 342 g/mol. The van der Waals surface area contributed by atoms with E-state index in [1.807, 2.05) is 25.1 Å². The van der Waals surface area contributed by atoms with E-state index in [-0.39, 0.29) is 5.56 Å². The van der Waals surface area contributed by atoms with E-state index in [4.69, 9.17) is 0 Å². The Morgan fingerprint density at radius 3 is 2.96 bits per heavy atom. The van der Waals surface area contributed by atoms with Crippen LogP contribution in [0.3, 0.4) is 0 Å². The van der Waals surface area contributed by atoms with Crippen LogP contribution in [-0.4, -0.2) is 26.1 Å². The van der Waals surface area contributed by atoms with E-state index in [0.717, 1.165) is 27.4 Å². The van der Waals surface area contributed by atoms with Crippen LogP contribution in [0.2, 0.25) is 0 Å². The van der Waals surface area contributed by atoms with Crippen molar-refractivity contribution in [1.82, 2.24) is 19.6 Å². The molecule has 0 aliphatic heterocycles. The summed E-state index contributed by atoms with van der Waals surface area (Å²) in [4.78, 5) is 16.8. The number of aryl methyl sites for hydroxylation is 1. The summed E-state index contributed by atoms with van der Waals surface area (Å²) < 4.78 is 2.49. The molecule has 0 saturated heterocycles. The first-order chi connectivity index (χ1) is 11.5. The normalized spacial score (nSPS) is 11.3. The fourth-order valence-electron chi connectivity index (χ4n) is 2.20. The second-order valence-electron chi connectivity index (χ2n) is 5.88. The average molecular weight is 361 g/mol. The SMILES string of the molecule is Cc1cccc2nc(CSc3nnc(NCC(C)C)s3)cc(=O)n12. The van der Waals surface area contributed by atoms with Crippen molar-refractivity contribution in [2.45, 2.75) is 30.9 Å². The molecule has 0 bridgehead atoms. The topological polar surface area (TPSA) is 72.2 Å². The van der Waals surface area contributed by atoms with Gasteiger partial charge in [-0.25, -0.2) is 4.98 Å². The summed E-state index contributed by atoms with van der Waals surface area (Å²) in [7, 11) is 0. The lowest BCUT2D eigenvalue weighted by molar-refractivity contribution is 0.687. The number of fused-ring (bicyclic) bond motifs is 1. The predicted molar refractivity (Wildman–Crippen MR) is 99.0 cm³/mol. The first kappa shape index (κ1) is 16.9. The van der Waals surface area contributed by atoms with Gasteiger partial charge in [-0.3, -0.25) is 9.20 Å². The number of anilines is 1. The van der Waals surface area contributed by atoms with E-state index in [1.54, 1.807) is 22.2 Å². The van der Waals surface area contributed by atoms with Gasteiger partial charge in [0, 0.05) is 24.1 Å². The van der Waals surface area contributed by atoms with Gasteiger partial charge >= 0.3 is 0 Å². The van der Waals surface area contributed by atoms with Gasteiger partial charge in [0.2, 0.25) is 5.13 Å². The molecule has 3 aromatic rings. The number of aromatic nitrogens is 4. The molecule has 0 spiro atoms. The van der Waals surface area contributed by atoms with Crippen LogP contribution in [-0.2, 0) is 5.75 Å². The Balaban J connectivity index is 1.71. The molecule has 126 valence electrons. The van der Waals surface area contributed by atoms with Crippen molar-refractivity contribution in [3.8, 4) is 0 Å². The van der Waals surface area contributed by atoms with Crippen LogP contribution in [0.25, 0.3) is 5.65 Å². The molecule has 0 fully saturated rings. The molecule has 0 saturated carbocycles. The van der Waals surface area contributed by atoms with Crippen LogP contribution in [0.4, 0.5) is 5.13 Å². The van der Waals surface area contributed by atoms with Gasteiger partial charge in [0.25, 0.3) is 5.56 Å². The minimum Gasteiger partial charge on any atom is -0.360 e. The van der Waals surface area contributed by atoms with Crippen molar-refractivity contribution in [3.05, 3.63) is 46.0 Å². The van der Waals surface area contributed by atoms with Crippen molar-refractivity contribution in [3.63, 3.8) is 0 Å². The minimum absolute atomic E-state index is 0.0507. The molecule has 0 aromatic carbocycles. The standard InChI is InChI=1S/C16H19N5OS2/c1-10(2)8-17-15-19-20-16(24-15)23-9-12-7-14(22)21-11(3)5-4-6-13(21)18-12/h4-7,10H,8-9H2,1-3H3,(H,17,19). The van der Waals surface area contributed by atoms with E-state index < -0.39 is 0 Å². The van der Waals surface area contributed by atoms with Crippen LogP contribution in [0, 0.1) is 12.8 Å². The van der Waals surface area contributed by atoms with Gasteiger partial charge in [0.15, 0.2) is 4.34 Å². The number of pyridine rings is 1. The molecule has 3 heterocycles. The highest BCUT2D eigenvalue weighted by Crippen LogP contribution is 2.27.